The summed E-state index contributed by atoms with van der Waals surface area (Å²) in [5, 5.41) is 11.2. The number of aryl methyl sites for hydroxylation is 1. The third kappa shape index (κ3) is 1.84. The van der Waals surface area contributed by atoms with E-state index in [2.05, 4.69) is 4.84 Å². The summed E-state index contributed by atoms with van der Waals surface area (Å²) in [6.45, 7) is 1.63. The Bertz CT molecular complexity index is 942. The number of hydrogen-bond acceptors (Lipinski definition) is 5. The molecule has 0 bridgehead atoms. The highest BCUT2D eigenvalue weighted by Crippen LogP contribution is 2.34. The number of phenolic OH excluding ortho intramolecular Hbond substituents is 1. The van der Waals surface area contributed by atoms with E-state index >= 15 is 0 Å². The minimum atomic E-state index is -0.563. The fourth-order valence-electron chi connectivity index (χ4n) is 2.49. The quantitative estimate of drug-likeness (QED) is 0.445. The second kappa shape index (κ2) is 4.59. The molecule has 6 heteroatoms. The fourth-order valence-corrected chi connectivity index (χ4v) is 2.49. The van der Waals surface area contributed by atoms with Gasteiger partial charge in [0.1, 0.15) is 11.3 Å². The Morgan fingerprint density at radius 2 is 1.95 bits per heavy atom. The molecule has 1 heterocycles. The molecule has 0 saturated carbocycles. The summed E-state index contributed by atoms with van der Waals surface area (Å²) in [6.07, 6.45) is 0. The molecule has 0 saturated heterocycles. The van der Waals surface area contributed by atoms with Crippen LogP contribution >= 0.6 is 0 Å². The van der Waals surface area contributed by atoms with Crippen molar-refractivity contribution in [1.82, 2.24) is 0 Å². The van der Waals surface area contributed by atoms with Gasteiger partial charge in [-0.15, -0.1) is 0 Å². The van der Waals surface area contributed by atoms with Crippen LogP contribution in [0.3, 0.4) is 0 Å². The van der Waals surface area contributed by atoms with Crippen molar-refractivity contribution in [2.45, 2.75) is 6.92 Å². The molecular formula is C15H12NO5+. The molecule has 0 aliphatic heterocycles. The number of fused-ring (bicyclic) bond motifs is 3. The monoisotopic (exact) mass is 286 g/mol. The molecule has 1 aromatic heterocycles. The van der Waals surface area contributed by atoms with Gasteiger partial charge in [0.25, 0.3) is 4.92 Å². The largest absolute Gasteiger partial charge is 0.507 e. The summed E-state index contributed by atoms with van der Waals surface area (Å²) in [5.41, 5.74) is 0.382. The standard InChI is InChI=1S/C15H11NO5/c1-8-10(16(19)20-2)7-6-9-13(8)15(18)21-12-5-3-4-11(17)14(9)12/h3-7H,1-2H3/p+1. The number of phenols is 1. The van der Waals surface area contributed by atoms with Gasteiger partial charge in [-0.25, -0.2) is 9.63 Å². The van der Waals surface area contributed by atoms with Gasteiger partial charge in [-0.05, 0) is 25.1 Å². The average molecular weight is 286 g/mol. The minimum absolute atomic E-state index is 0.0131. The third-order valence-corrected chi connectivity index (χ3v) is 3.48. The zero-order chi connectivity index (χ0) is 15.1. The van der Waals surface area contributed by atoms with Gasteiger partial charge >= 0.3 is 11.3 Å². The highest BCUT2D eigenvalue weighted by Gasteiger charge is 2.23. The Balaban J connectivity index is 2.54. The molecule has 3 aromatic rings. The molecule has 0 amide bonds. The first kappa shape index (κ1) is 13.1. The molecule has 0 radical (unpaired) electrons. The van der Waals surface area contributed by atoms with Crippen molar-refractivity contribution in [2.75, 3.05) is 7.11 Å². The number of hydrogen-bond donors (Lipinski definition) is 1. The Hall–Kier alpha value is -2.89. The molecular weight excluding hydrogens is 274 g/mol. The predicted octanol–water partition coefficient (Wildman–Crippen LogP) is 2.93. The molecule has 6 nitrogen and oxygen atoms in total. The molecule has 0 unspecified atom stereocenters. The first-order valence-electron chi connectivity index (χ1n) is 6.24. The molecule has 0 atom stereocenters. The van der Waals surface area contributed by atoms with Crippen molar-refractivity contribution in [3.63, 3.8) is 0 Å². The molecule has 0 spiro atoms. The number of nitrogens with zero attached hydrogens (tertiary/aromatic N) is 1. The van der Waals surface area contributed by atoms with Gasteiger partial charge in [-0.3, -0.25) is 0 Å². The lowest BCUT2D eigenvalue weighted by Crippen LogP contribution is -2.06. The van der Waals surface area contributed by atoms with Crippen LogP contribution in [0.5, 0.6) is 5.75 Å². The number of aromatic hydroxyl groups is 1. The normalized spacial score (nSPS) is 11.0. The molecule has 106 valence electrons. The Labute approximate surface area is 118 Å². The lowest BCUT2D eigenvalue weighted by molar-refractivity contribution is -0.736. The fraction of sp³-hybridized carbons (Fsp3) is 0.133. The van der Waals surface area contributed by atoms with E-state index in [-0.39, 0.29) is 16.8 Å². The number of benzene rings is 2. The topological polar surface area (TPSA) is 79.8 Å². The lowest BCUT2D eigenvalue weighted by atomic mass is 10.0. The summed E-state index contributed by atoms with van der Waals surface area (Å²) in [6, 6.07) is 7.85. The van der Waals surface area contributed by atoms with Crippen LogP contribution in [0.4, 0.5) is 5.69 Å². The van der Waals surface area contributed by atoms with Crippen LogP contribution in [-0.4, -0.2) is 17.1 Å². The van der Waals surface area contributed by atoms with E-state index in [0.29, 0.717) is 26.8 Å². The summed E-state index contributed by atoms with van der Waals surface area (Å²) in [7, 11) is 1.24. The molecule has 2 aromatic carbocycles. The van der Waals surface area contributed by atoms with E-state index in [4.69, 9.17) is 4.42 Å². The van der Waals surface area contributed by atoms with Crippen molar-refractivity contribution >= 4 is 27.4 Å². The van der Waals surface area contributed by atoms with Crippen molar-refractivity contribution in [3.8, 4) is 5.75 Å². The van der Waals surface area contributed by atoms with Crippen LogP contribution in [0.15, 0.2) is 39.5 Å². The van der Waals surface area contributed by atoms with Gasteiger partial charge in [0.15, 0.2) is 7.11 Å². The highest BCUT2D eigenvalue weighted by atomic mass is 16.8. The molecule has 0 aliphatic carbocycles. The summed E-state index contributed by atoms with van der Waals surface area (Å²) in [4.78, 5) is 28.7. The smallest absolute Gasteiger partial charge is 0.344 e. The second-order valence-corrected chi connectivity index (χ2v) is 4.61. The zero-order valence-electron chi connectivity index (χ0n) is 11.4. The molecule has 3 rings (SSSR count). The van der Waals surface area contributed by atoms with Gasteiger partial charge in [0.2, 0.25) is 0 Å². The van der Waals surface area contributed by atoms with Crippen LogP contribution in [0.2, 0.25) is 0 Å². The zero-order valence-corrected chi connectivity index (χ0v) is 11.4. The van der Waals surface area contributed by atoms with Gasteiger partial charge in [-0.2, -0.15) is 0 Å². The van der Waals surface area contributed by atoms with E-state index in [1.807, 2.05) is 0 Å². The maximum Gasteiger partial charge on any atom is 0.344 e. The van der Waals surface area contributed by atoms with Gasteiger partial charge in [0.05, 0.1) is 15.7 Å². The summed E-state index contributed by atoms with van der Waals surface area (Å²) < 4.78 is 5.23. The minimum Gasteiger partial charge on any atom is -0.507 e. The van der Waals surface area contributed by atoms with E-state index in [0.717, 1.165) is 0 Å². The van der Waals surface area contributed by atoms with E-state index < -0.39 is 5.63 Å². The van der Waals surface area contributed by atoms with E-state index in [1.165, 1.54) is 13.2 Å². The SMILES string of the molecule is CO[N+](=O)c1ccc2c(c1C)c(=O)oc1cccc(O)c12. The molecule has 0 fully saturated rings. The van der Waals surface area contributed by atoms with Crippen LogP contribution in [0.25, 0.3) is 21.7 Å². The Kier molecular flexibility index (Phi) is 2.86. The van der Waals surface area contributed by atoms with Crippen molar-refractivity contribution in [3.05, 3.63) is 51.2 Å². The highest BCUT2D eigenvalue weighted by molar-refractivity contribution is 6.09. The Morgan fingerprint density at radius 3 is 2.67 bits per heavy atom. The second-order valence-electron chi connectivity index (χ2n) is 4.61. The number of rotatable bonds is 2. The van der Waals surface area contributed by atoms with Gasteiger partial charge in [0, 0.05) is 17.0 Å². The molecule has 1 N–H and O–H groups in total. The van der Waals surface area contributed by atoms with Crippen LogP contribution in [-0.2, 0) is 4.84 Å². The van der Waals surface area contributed by atoms with E-state index in [1.54, 1.807) is 31.2 Å². The first-order chi connectivity index (χ1) is 10.0. The molecule has 0 aliphatic rings. The third-order valence-electron chi connectivity index (χ3n) is 3.48. The van der Waals surface area contributed by atoms with Crippen molar-refractivity contribution < 1.29 is 19.3 Å². The van der Waals surface area contributed by atoms with Gasteiger partial charge < -0.3 is 9.52 Å². The summed E-state index contributed by atoms with van der Waals surface area (Å²) >= 11 is 0. The van der Waals surface area contributed by atoms with Crippen LogP contribution < -0.4 is 5.63 Å². The predicted molar refractivity (Wildman–Crippen MR) is 76.7 cm³/mol. The first-order valence-corrected chi connectivity index (χ1v) is 6.24. The maximum absolute atomic E-state index is 12.2. The molecule has 21 heavy (non-hydrogen) atoms. The average Bonchev–Trinajstić information content (AvgIpc) is 2.46. The summed E-state index contributed by atoms with van der Waals surface area (Å²) in [5.74, 6) is 0.0131. The van der Waals surface area contributed by atoms with E-state index in [9.17, 15) is 14.8 Å². The van der Waals surface area contributed by atoms with Crippen molar-refractivity contribution in [2.24, 2.45) is 0 Å². The Morgan fingerprint density at radius 1 is 1.19 bits per heavy atom. The van der Waals surface area contributed by atoms with Crippen LogP contribution in [0.1, 0.15) is 5.56 Å². The van der Waals surface area contributed by atoms with Crippen LogP contribution in [0, 0.1) is 11.8 Å². The maximum atomic E-state index is 12.2. The van der Waals surface area contributed by atoms with Gasteiger partial charge in [-0.1, -0.05) is 6.07 Å². The lowest BCUT2D eigenvalue weighted by Gasteiger charge is -2.06. The van der Waals surface area contributed by atoms with Crippen molar-refractivity contribution in [1.29, 1.82) is 0 Å².